The number of nitrogens with zero attached hydrogens (tertiary/aromatic N) is 4. The van der Waals surface area contributed by atoms with Gasteiger partial charge in [0.2, 0.25) is 0 Å². The van der Waals surface area contributed by atoms with Crippen LogP contribution >= 0.6 is 0 Å². The zero-order chi connectivity index (χ0) is 15.8. The summed E-state index contributed by atoms with van der Waals surface area (Å²) in [4.78, 5) is 22.5. The molecule has 116 valence electrons. The Kier molecular flexibility index (Phi) is 3.11. The van der Waals surface area contributed by atoms with Gasteiger partial charge in [-0.05, 0) is 12.1 Å². The summed E-state index contributed by atoms with van der Waals surface area (Å²) in [7, 11) is 1.70. The second kappa shape index (κ2) is 5.28. The molecule has 2 aromatic heterocycles. The summed E-state index contributed by atoms with van der Waals surface area (Å²) in [6.07, 6.45) is 6.68. The van der Waals surface area contributed by atoms with E-state index in [1.165, 1.54) is 4.90 Å². The van der Waals surface area contributed by atoms with Gasteiger partial charge in [0.25, 0.3) is 5.91 Å². The predicted octanol–water partition coefficient (Wildman–Crippen LogP) is 1.78. The summed E-state index contributed by atoms with van der Waals surface area (Å²) in [6, 6.07) is 5.42. The van der Waals surface area contributed by atoms with Crippen molar-refractivity contribution in [2.24, 2.45) is 0 Å². The molecule has 0 saturated heterocycles. The molecule has 4 rings (SSSR count). The van der Waals surface area contributed by atoms with Gasteiger partial charge in [0.15, 0.2) is 17.1 Å². The molecular formula is C16H14N4O3. The molecule has 1 amide bonds. The van der Waals surface area contributed by atoms with Gasteiger partial charge in [0.1, 0.15) is 18.9 Å². The number of anilines is 1. The van der Waals surface area contributed by atoms with E-state index < -0.39 is 0 Å². The SMILES string of the molecule is CN(C(=O)c1cn2ccnc2cn1)c1ccc2c(c1)OCCO2. The van der Waals surface area contributed by atoms with Crippen molar-refractivity contribution in [3.05, 3.63) is 48.7 Å². The van der Waals surface area contributed by atoms with E-state index in [1.54, 1.807) is 48.4 Å². The standard InChI is InChI=1S/C16H14N4O3/c1-19(11-2-3-13-14(8-11)23-7-6-22-13)16(21)12-10-20-5-4-17-15(20)9-18-12/h2-5,8-10H,6-7H2,1H3. The molecule has 3 heterocycles. The Morgan fingerprint density at radius 3 is 2.91 bits per heavy atom. The highest BCUT2D eigenvalue weighted by Crippen LogP contribution is 2.33. The summed E-state index contributed by atoms with van der Waals surface area (Å²) in [5.74, 6) is 1.13. The first kappa shape index (κ1) is 13.6. The Morgan fingerprint density at radius 2 is 2.04 bits per heavy atom. The molecule has 1 aliphatic heterocycles. The fraction of sp³-hybridized carbons (Fsp3) is 0.188. The van der Waals surface area contributed by atoms with Crippen molar-refractivity contribution in [1.29, 1.82) is 0 Å². The Hall–Kier alpha value is -3.09. The highest BCUT2D eigenvalue weighted by molar-refractivity contribution is 6.04. The molecule has 7 heteroatoms. The van der Waals surface area contributed by atoms with Crippen molar-refractivity contribution in [1.82, 2.24) is 14.4 Å². The van der Waals surface area contributed by atoms with Crippen LogP contribution < -0.4 is 14.4 Å². The van der Waals surface area contributed by atoms with Gasteiger partial charge in [-0.3, -0.25) is 4.79 Å². The van der Waals surface area contributed by atoms with Crippen LogP contribution in [0.1, 0.15) is 10.5 Å². The molecule has 0 N–H and O–H groups in total. The number of rotatable bonds is 2. The van der Waals surface area contributed by atoms with Crippen LogP contribution in [0.5, 0.6) is 11.5 Å². The van der Waals surface area contributed by atoms with Crippen LogP contribution in [0.3, 0.4) is 0 Å². The maximum Gasteiger partial charge on any atom is 0.278 e. The van der Waals surface area contributed by atoms with E-state index in [4.69, 9.17) is 9.47 Å². The Labute approximate surface area is 132 Å². The molecule has 0 unspecified atom stereocenters. The van der Waals surface area contributed by atoms with Crippen molar-refractivity contribution in [2.45, 2.75) is 0 Å². The average molecular weight is 310 g/mol. The molecule has 3 aromatic rings. The first-order valence-corrected chi connectivity index (χ1v) is 7.19. The van der Waals surface area contributed by atoms with Crippen molar-refractivity contribution >= 4 is 17.2 Å². The zero-order valence-corrected chi connectivity index (χ0v) is 12.5. The lowest BCUT2D eigenvalue weighted by molar-refractivity contribution is 0.0987. The van der Waals surface area contributed by atoms with Gasteiger partial charge in [-0.2, -0.15) is 0 Å². The van der Waals surface area contributed by atoms with Crippen LogP contribution in [0.15, 0.2) is 43.0 Å². The molecule has 0 radical (unpaired) electrons. The van der Waals surface area contributed by atoms with E-state index in [1.807, 2.05) is 6.07 Å². The summed E-state index contributed by atoms with van der Waals surface area (Å²) in [6.45, 7) is 1.04. The van der Waals surface area contributed by atoms with Crippen LogP contribution in [-0.2, 0) is 0 Å². The minimum absolute atomic E-state index is 0.211. The Morgan fingerprint density at radius 1 is 1.22 bits per heavy atom. The number of benzene rings is 1. The normalized spacial score (nSPS) is 13.1. The Balaban J connectivity index is 1.64. The molecule has 1 aromatic carbocycles. The van der Waals surface area contributed by atoms with E-state index in [-0.39, 0.29) is 5.91 Å². The molecule has 0 saturated carbocycles. The van der Waals surface area contributed by atoms with Crippen molar-refractivity contribution in [2.75, 3.05) is 25.2 Å². The molecule has 0 bridgehead atoms. The van der Waals surface area contributed by atoms with Crippen LogP contribution in [-0.4, -0.2) is 40.5 Å². The number of aromatic nitrogens is 3. The molecule has 0 fully saturated rings. The maximum atomic E-state index is 12.6. The van der Waals surface area contributed by atoms with Gasteiger partial charge < -0.3 is 18.8 Å². The number of ether oxygens (including phenoxy) is 2. The molecule has 0 spiro atoms. The van der Waals surface area contributed by atoms with E-state index in [9.17, 15) is 4.79 Å². The van der Waals surface area contributed by atoms with E-state index >= 15 is 0 Å². The van der Waals surface area contributed by atoms with Gasteiger partial charge >= 0.3 is 0 Å². The second-order valence-corrected chi connectivity index (χ2v) is 5.16. The van der Waals surface area contributed by atoms with Crippen LogP contribution in [0.2, 0.25) is 0 Å². The minimum atomic E-state index is -0.211. The lowest BCUT2D eigenvalue weighted by atomic mass is 10.2. The number of carbonyl (C=O) groups is 1. The number of carbonyl (C=O) groups excluding carboxylic acids is 1. The number of imidazole rings is 1. The number of hydrogen-bond donors (Lipinski definition) is 0. The van der Waals surface area contributed by atoms with Gasteiger partial charge in [0.05, 0.1) is 6.20 Å². The van der Waals surface area contributed by atoms with Gasteiger partial charge in [0, 0.05) is 37.4 Å². The zero-order valence-electron chi connectivity index (χ0n) is 12.5. The predicted molar refractivity (Wildman–Crippen MR) is 83.2 cm³/mol. The Bertz CT molecular complexity index is 890. The molecule has 23 heavy (non-hydrogen) atoms. The summed E-state index contributed by atoms with van der Waals surface area (Å²) >= 11 is 0. The number of amides is 1. The lowest BCUT2D eigenvalue weighted by Crippen LogP contribution is -2.27. The fourth-order valence-corrected chi connectivity index (χ4v) is 2.47. The monoisotopic (exact) mass is 310 g/mol. The highest BCUT2D eigenvalue weighted by Gasteiger charge is 2.19. The van der Waals surface area contributed by atoms with Crippen LogP contribution in [0, 0.1) is 0 Å². The van der Waals surface area contributed by atoms with Crippen molar-refractivity contribution < 1.29 is 14.3 Å². The van der Waals surface area contributed by atoms with Gasteiger partial charge in [-0.1, -0.05) is 0 Å². The topological polar surface area (TPSA) is 69.0 Å². The summed E-state index contributed by atoms with van der Waals surface area (Å²) < 4.78 is 12.8. The molecule has 1 aliphatic rings. The van der Waals surface area contributed by atoms with Crippen molar-refractivity contribution in [3.63, 3.8) is 0 Å². The molecule has 7 nitrogen and oxygen atoms in total. The largest absolute Gasteiger partial charge is 0.486 e. The summed E-state index contributed by atoms with van der Waals surface area (Å²) in [5.41, 5.74) is 1.75. The third-order valence-corrected chi connectivity index (χ3v) is 3.72. The van der Waals surface area contributed by atoms with Gasteiger partial charge in [-0.15, -0.1) is 0 Å². The quantitative estimate of drug-likeness (QED) is 0.721. The average Bonchev–Trinajstić information content (AvgIpc) is 3.07. The third-order valence-electron chi connectivity index (χ3n) is 3.72. The fourth-order valence-electron chi connectivity index (χ4n) is 2.47. The third kappa shape index (κ3) is 2.36. The smallest absolute Gasteiger partial charge is 0.278 e. The van der Waals surface area contributed by atoms with E-state index in [2.05, 4.69) is 9.97 Å². The number of fused-ring (bicyclic) bond motifs is 2. The van der Waals surface area contributed by atoms with Crippen molar-refractivity contribution in [3.8, 4) is 11.5 Å². The van der Waals surface area contributed by atoms with E-state index in [0.29, 0.717) is 41.7 Å². The summed E-state index contributed by atoms with van der Waals surface area (Å²) in [5, 5.41) is 0. The first-order chi connectivity index (χ1) is 11.2. The highest BCUT2D eigenvalue weighted by atomic mass is 16.6. The first-order valence-electron chi connectivity index (χ1n) is 7.19. The minimum Gasteiger partial charge on any atom is -0.486 e. The molecule has 0 atom stereocenters. The lowest BCUT2D eigenvalue weighted by Gasteiger charge is -2.22. The van der Waals surface area contributed by atoms with Gasteiger partial charge in [-0.25, -0.2) is 9.97 Å². The molecular weight excluding hydrogens is 296 g/mol. The second-order valence-electron chi connectivity index (χ2n) is 5.16. The maximum absolute atomic E-state index is 12.6. The van der Waals surface area contributed by atoms with E-state index in [0.717, 1.165) is 0 Å². The van der Waals surface area contributed by atoms with Crippen LogP contribution in [0.25, 0.3) is 5.65 Å². The van der Waals surface area contributed by atoms with Crippen LogP contribution in [0.4, 0.5) is 5.69 Å². The number of hydrogen-bond acceptors (Lipinski definition) is 5. The molecule has 0 aliphatic carbocycles.